The van der Waals surface area contributed by atoms with Crippen molar-refractivity contribution < 1.29 is 4.79 Å². The van der Waals surface area contributed by atoms with E-state index in [9.17, 15) is 4.79 Å². The Labute approximate surface area is 105 Å². The van der Waals surface area contributed by atoms with E-state index in [4.69, 9.17) is 0 Å². The maximum atomic E-state index is 11.1. The summed E-state index contributed by atoms with van der Waals surface area (Å²) in [5, 5.41) is 2.82. The van der Waals surface area contributed by atoms with Gasteiger partial charge in [-0.3, -0.25) is 4.79 Å². The van der Waals surface area contributed by atoms with Crippen molar-refractivity contribution in [3.8, 4) is 0 Å². The molecule has 1 N–H and O–H groups in total. The summed E-state index contributed by atoms with van der Waals surface area (Å²) < 4.78 is 0. The van der Waals surface area contributed by atoms with Gasteiger partial charge in [-0.1, -0.05) is 20.4 Å². The molecule has 0 aliphatic rings. The third-order valence-electron chi connectivity index (χ3n) is 2.22. The van der Waals surface area contributed by atoms with E-state index in [0.717, 1.165) is 32.6 Å². The summed E-state index contributed by atoms with van der Waals surface area (Å²) in [5.74, 6) is -0.0375. The van der Waals surface area contributed by atoms with Gasteiger partial charge in [0.1, 0.15) is 0 Å². The standard InChI is InChI=1S/C11H22N2O.CH3Cl/c1-5-13(6-2)9-7-8-12-11(14)10(3)4;1-2/h3,5-9H2,1-2,4H3,(H,12,14);1H3. The summed E-state index contributed by atoms with van der Waals surface area (Å²) in [7, 11) is 0. The molecule has 4 heteroatoms. The van der Waals surface area contributed by atoms with E-state index in [2.05, 4.69) is 42.2 Å². The third-order valence-corrected chi connectivity index (χ3v) is 2.22. The zero-order valence-electron chi connectivity index (χ0n) is 11.0. The minimum atomic E-state index is -0.0375. The fourth-order valence-corrected chi connectivity index (χ4v) is 1.20. The average molecular weight is 249 g/mol. The van der Waals surface area contributed by atoms with Gasteiger partial charge in [0.2, 0.25) is 5.91 Å². The Morgan fingerprint density at radius 3 is 2.19 bits per heavy atom. The highest BCUT2D eigenvalue weighted by Crippen LogP contribution is 1.90. The molecule has 0 radical (unpaired) electrons. The van der Waals surface area contributed by atoms with Gasteiger partial charge < -0.3 is 10.2 Å². The highest BCUT2D eigenvalue weighted by atomic mass is 35.5. The van der Waals surface area contributed by atoms with Crippen molar-refractivity contribution in [1.29, 1.82) is 0 Å². The number of alkyl halides is 1. The second-order valence-electron chi connectivity index (χ2n) is 3.42. The number of nitrogens with one attached hydrogen (secondary N) is 1. The second-order valence-corrected chi connectivity index (χ2v) is 3.42. The Balaban J connectivity index is 0. The Kier molecular flexibility index (Phi) is 14.0. The first-order valence-electron chi connectivity index (χ1n) is 5.65. The zero-order valence-corrected chi connectivity index (χ0v) is 11.7. The van der Waals surface area contributed by atoms with Crippen LogP contribution in [0, 0.1) is 0 Å². The van der Waals surface area contributed by atoms with Crippen LogP contribution >= 0.6 is 11.6 Å². The Morgan fingerprint density at radius 2 is 1.81 bits per heavy atom. The van der Waals surface area contributed by atoms with E-state index >= 15 is 0 Å². The molecule has 0 aromatic heterocycles. The van der Waals surface area contributed by atoms with E-state index in [1.165, 1.54) is 6.38 Å². The van der Waals surface area contributed by atoms with E-state index < -0.39 is 0 Å². The number of carbonyl (C=O) groups excluding carboxylic acids is 1. The molecule has 0 fully saturated rings. The monoisotopic (exact) mass is 248 g/mol. The van der Waals surface area contributed by atoms with Crippen molar-refractivity contribution in [2.75, 3.05) is 32.6 Å². The maximum absolute atomic E-state index is 11.1. The first kappa shape index (κ1) is 17.8. The highest BCUT2D eigenvalue weighted by molar-refractivity contribution is 6.15. The van der Waals surface area contributed by atoms with Crippen LogP contribution in [-0.4, -0.2) is 43.4 Å². The Morgan fingerprint density at radius 1 is 1.31 bits per heavy atom. The highest BCUT2D eigenvalue weighted by Gasteiger charge is 2.01. The van der Waals surface area contributed by atoms with Gasteiger partial charge in [0.25, 0.3) is 0 Å². The molecule has 0 saturated carbocycles. The van der Waals surface area contributed by atoms with E-state index in [0.29, 0.717) is 5.57 Å². The molecule has 0 rings (SSSR count). The average Bonchev–Trinajstić information content (AvgIpc) is 2.31. The summed E-state index contributed by atoms with van der Waals surface area (Å²) in [6, 6.07) is 0. The molecule has 3 nitrogen and oxygen atoms in total. The summed E-state index contributed by atoms with van der Waals surface area (Å²) in [6.45, 7) is 13.5. The summed E-state index contributed by atoms with van der Waals surface area (Å²) in [4.78, 5) is 13.4. The quantitative estimate of drug-likeness (QED) is 0.426. The van der Waals surface area contributed by atoms with Crippen LogP contribution in [0.4, 0.5) is 0 Å². The molecule has 0 atom stereocenters. The smallest absolute Gasteiger partial charge is 0.246 e. The number of carbonyl (C=O) groups is 1. The van der Waals surface area contributed by atoms with Crippen molar-refractivity contribution >= 4 is 17.5 Å². The van der Waals surface area contributed by atoms with Crippen molar-refractivity contribution in [2.45, 2.75) is 27.2 Å². The number of hydrogen-bond acceptors (Lipinski definition) is 2. The minimum absolute atomic E-state index is 0.0375. The minimum Gasteiger partial charge on any atom is -0.352 e. The van der Waals surface area contributed by atoms with Crippen LogP contribution in [-0.2, 0) is 4.79 Å². The largest absolute Gasteiger partial charge is 0.352 e. The summed E-state index contributed by atoms with van der Waals surface area (Å²) in [5.41, 5.74) is 0.577. The SMILES string of the molecule is C=C(C)C(=O)NCCCN(CC)CC.CCl. The normalized spacial score (nSPS) is 9.38. The molecule has 0 saturated heterocycles. The first-order chi connectivity index (χ1) is 7.61. The second kappa shape index (κ2) is 12.5. The molecule has 0 aromatic carbocycles. The number of rotatable bonds is 7. The van der Waals surface area contributed by atoms with Crippen LogP contribution < -0.4 is 5.32 Å². The molecule has 1 amide bonds. The molecule has 0 aromatic rings. The molecule has 96 valence electrons. The van der Waals surface area contributed by atoms with E-state index in [1.54, 1.807) is 6.92 Å². The van der Waals surface area contributed by atoms with Crippen LogP contribution in [0.15, 0.2) is 12.2 Å². The Hall–Kier alpha value is -0.540. The molecule has 0 aliphatic heterocycles. The number of halogens is 1. The van der Waals surface area contributed by atoms with Crippen LogP contribution in [0.5, 0.6) is 0 Å². The predicted molar refractivity (Wildman–Crippen MR) is 72.0 cm³/mol. The molecule has 0 heterocycles. The van der Waals surface area contributed by atoms with Crippen molar-refractivity contribution in [3.05, 3.63) is 12.2 Å². The molecule has 16 heavy (non-hydrogen) atoms. The number of amides is 1. The predicted octanol–water partition coefficient (Wildman–Crippen LogP) is 2.27. The van der Waals surface area contributed by atoms with E-state index in [1.807, 2.05) is 0 Å². The van der Waals surface area contributed by atoms with Gasteiger partial charge in [0.05, 0.1) is 0 Å². The van der Waals surface area contributed by atoms with Crippen LogP contribution in [0.2, 0.25) is 0 Å². The van der Waals surface area contributed by atoms with Crippen LogP contribution in [0.1, 0.15) is 27.2 Å². The van der Waals surface area contributed by atoms with Crippen LogP contribution in [0.25, 0.3) is 0 Å². The molecular weight excluding hydrogens is 224 g/mol. The van der Waals surface area contributed by atoms with Gasteiger partial charge in [-0.15, -0.1) is 11.6 Å². The lowest BCUT2D eigenvalue weighted by Crippen LogP contribution is -2.30. The number of nitrogens with zero attached hydrogens (tertiary/aromatic N) is 1. The summed E-state index contributed by atoms with van der Waals surface area (Å²) in [6.07, 6.45) is 2.47. The number of hydrogen-bond donors (Lipinski definition) is 1. The van der Waals surface area contributed by atoms with Crippen molar-refractivity contribution in [3.63, 3.8) is 0 Å². The zero-order chi connectivity index (χ0) is 13.0. The van der Waals surface area contributed by atoms with Gasteiger partial charge >= 0.3 is 0 Å². The van der Waals surface area contributed by atoms with E-state index in [-0.39, 0.29) is 5.91 Å². The molecule has 0 unspecified atom stereocenters. The fraction of sp³-hybridized carbons (Fsp3) is 0.750. The molecule has 0 aliphatic carbocycles. The third kappa shape index (κ3) is 9.99. The van der Waals surface area contributed by atoms with Crippen LogP contribution in [0.3, 0.4) is 0 Å². The molecular formula is C12H25ClN2O. The van der Waals surface area contributed by atoms with Gasteiger partial charge in [-0.05, 0) is 33.0 Å². The molecule has 0 spiro atoms. The topological polar surface area (TPSA) is 32.3 Å². The van der Waals surface area contributed by atoms with Gasteiger partial charge in [0, 0.05) is 18.5 Å². The maximum Gasteiger partial charge on any atom is 0.246 e. The Bertz CT molecular complexity index is 191. The lowest BCUT2D eigenvalue weighted by Gasteiger charge is -2.17. The van der Waals surface area contributed by atoms with Crippen molar-refractivity contribution in [1.82, 2.24) is 10.2 Å². The van der Waals surface area contributed by atoms with Gasteiger partial charge in [0.15, 0.2) is 0 Å². The lowest BCUT2D eigenvalue weighted by atomic mass is 10.3. The van der Waals surface area contributed by atoms with Crippen molar-refractivity contribution in [2.24, 2.45) is 0 Å². The summed E-state index contributed by atoms with van der Waals surface area (Å²) >= 11 is 4.64. The first-order valence-corrected chi connectivity index (χ1v) is 6.41. The molecule has 0 bridgehead atoms. The fourth-order valence-electron chi connectivity index (χ4n) is 1.20. The lowest BCUT2D eigenvalue weighted by molar-refractivity contribution is -0.117. The van der Waals surface area contributed by atoms with Gasteiger partial charge in [-0.25, -0.2) is 0 Å². The van der Waals surface area contributed by atoms with Gasteiger partial charge in [-0.2, -0.15) is 0 Å².